The summed E-state index contributed by atoms with van der Waals surface area (Å²) in [5.74, 6) is 0. The van der Waals surface area contributed by atoms with Crippen LogP contribution in [0.4, 0.5) is 5.69 Å². The number of aryl methyl sites for hydroxylation is 1. The molecule has 2 aromatic rings. The Labute approximate surface area is 126 Å². The van der Waals surface area contributed by atoms with Crippen molar-refractivity contribution in [2.45, 2.75) is 31.2 Å². The third-order valence-electron chi connectivity index (χ3n) is 3.44. The molecule has 1 atom stereocenters. The lowest BCUT2D eigenvalue weighted by atomic mass is 10.1. The normalized spacial score (nSPS) is 13.0. The first-order valence-corrected chi connectivity index (χ1v) is 8.38. The number of hydrogen-bond acceptors (Lipinski definition) is 3. The number of sulfonamides is 1. The third-order valence-corrected chi connectivity index (χ3v) is 4.98. The molecule has 21 heavy (non-hydrogen) atoms. The highest BCUT2D eigenvalue weighted by atomic mass is 32.2. The molecule has 0 spiro atoms. The molecule has 5 heteroatoms. The Morgan fingerprint density at radius 2 is 1.81 bits per heavy atom. The third kappa shape index (κ3) is 3.62. The van der Waals surface area contributed by atoms with Crippen LogP contribution in [0.1, 0.15) is 31.0 Å². The lowest BCUT2D eigenvalue weighted by Crippen LogP contribution is -2.27. The summed E-state index contributed by atoms with van der Waals surface area (Å²) in [6.07, 6.45) is 0.778. The molecule has 4 nitrogen and oxygen atoms in total. The molecule has 0 saturated heterocycles. The summed E-state index contributed by atoms with van der Waals surface area (Å²) in [6, 6.07) is 14.0. The van der Waals surface area contributed by atoms with E-state index in [-0.39, 0.29) is 10.9 Å². The van der Waals surface area contributed by atoms with Gasteiger partial charge in [-0.25, -0.2) is 13.1 Å². The van der Waals surface area contributed by atoms with Crippen LogP contribution in [-0.4, -0.2) is 8.42 Å². The van der Waals surface area contributed by atoms with E-state index >= 15 is 0 Å². The Bertz CT molecular complexity index is 712. The van der Waals surface area contributed by atoms with Gasteiger partial charge in [-0.15, -0.1) is 0 Å². The minimum atomic E-state index is -3.59. The van der Waals surface area contributed by atoms with Crippen molar-refractivity contribution < 1.29 is 8.42 Å². The molecule has 112 valence electrons. The van der Waals surface area contributed by atoms with E-state index < -0.39 is 10.0 Å². The molecule has 0 aliphatic heterocycles. The number of nitrogens with two attached hydrogens (primary N) is 1. The maximum Gasteiger partial charge on any atom is 0.241 e. The van der Waals surface area contributed by atoms with E-state index in [9.17, 15) is 8.42 Å². The molecule has 1 unspecified atom stereocenters. The average Bonchev–Trinajstić information content (AvgIpc) is 2.47. The van der Waals surface area contributed by atoms with Crippen LogP contribution in [0, 0.1) is 0 Å². The van der Waals surface area contributed by atoms with Crippen molar-refractivity contribution in [3.8, 4) is 0 Å². The quantitative estimate of drug-likeness (QED) is 0.834. The fraction of sp³-hybridized carbons (Fsp3) is 0.250. The van der Waals surface area contributed by atoms with Crippen LogP contribution < -0.4 is 10.5 Å². The zero-order chi connectivity index (χ0) is 15.5. The van der Waals surface area contributed by atoms with Gasteiger partial charge in [0.2, 0.25) is 10.0 Å². The molecule has 0 aliphatic carbocycles. The molecule has 0 aromatic heterocycles. The molecule has 0 radical (unpaired) electrons. The fourth-order valence-electron chi connectivity index (χ4n) is 2.17. The van der Waals surface area contributed by atoms with Gasteiger partial charge in [0.25, 0.3) is 0 Å². The first-order chi connectivity index (χ1) is 9.94. The van der Waals surface area contributed by atoms with Gasteiger partial charge in [0.05, 0.1) is 4.90 Å². The van der Waals surface area contributed by atoms with Gasteiger partial charge in [-0.05, 0) is 36.6 Å². The molecule has 0 aliphatic rings. The second kappa shape index (κ2) is 6.28. The summed E-state index contributed by atoms with van der Waals surface area (Å²) in [6.45, 7) is 3.80. The largest absolute Gasteiger partial charge is 0.398 e. The number of rotatable bonds is 5. The lowest BCUT2D eigenvalue weighted by Gasteiger charge is -2.15. The van der Waals surface area contributed by atoms with Crippen LogP contribution in [0.3, 0.4) is 0 Å². The second-order valence-electron chi connectivity index (χ2n) is 4.97. The van der Waals surface area contributed by atoms with Crippen molar-refractivity contribution in [1.82, 2.24) is 4.72 Å². The number of hydrogen-bond donors (Lipinski definition) is 2. The zero-order valence-electron chi connectivity index (χ0n) is 12.2. The Hall–Kier alpha value is -1.85. The van der Waals surface area contributed by atoms with Crippen molar-refractivity contribution in [1.29, 1.82) is 0 Å². The Morgan fingerprint density at radius 3 is 2.38 bits per heavy atom. The van der Waals surface area contributed by atoms with Crippen LogP contribution in [0.25, 0.3) is 0 Å². The first-order valence-electron chi connectivity index (χ1n) is 6.89. The Morgan fingerprint density at radius 1 is 1.14 bits per heavy atom. The first kappa shape index (κ1) is 15.5. The summed E-state index contributed by atoms with van der Waals surface area (Å²) in [7, 11) is -3.59. The van der Waals surface area contributed by atoms with Crippen molar-refractivity contribution in [3.63, 3.8) is 0 Å². The molecule has 0 fully saturated rings. The van der Waals surface area contributed by atoms with E-state index in [1.807, 2.05) is 44.2 Å². The molecule has 2 aromatic carbocycles. The number of nitrogens with one attached hydrogen (secondary N) is 1. The molecule has 2 rings (SSSR count). The highest BCUT2D eigenvalue weighted by molar-refractivity contribution is 7.89. The average molecular weight is 304 g/mol. The van der Waals surface area contributed by atoms with E-state index in [0.717, 1.165) is 17.5 Å². The molecule has 3 N–H and O–H groups in total. The number of benzene rings is 2. The zero-order valence-corrected chi connectivity index (χ0v) is 13.0. The summed E-state index contributed by atoms with van der Waals surface area (Å²) < 4.78 is 27.5. The monoisotopic (exact) mass is 304 g/mol. The molecule has 0 saturated carbocycles. The smallest absolute Gasteiger partial charge is 0.241 e. The summed E-state index contributed by atoms with van der Waals surface area (Å²) in [4.78, 5) is 0.194. The maximum absolute atomic E-state index is 12.4. The number of anilines is 1. The SMILES string of the molecule is CCc1ccc(S(=O)(=O)NC(C)c2ccccc2)cc1N. The molecule has 0 heterocycles. The summed E-state index contributed by atoms with van der Waals surface area (Å²) in [5, 5.41) is 0. The van der Waals surface area contributed by atoms with E-state index in [1.165, 1.54) is 6.07 Å². The summed E-state index contributed by atoms with van der Waals surface area (Å²) in [5.41, 5.74) is 8.25. The predicted octanol–water partition coefficient (Wildman–Crippen LogP) is 2.87. The highest BCUT2D eigenvalue weighted by Gasteiger charge is 2.19. The van der Waals surface area contributed by atoms with E-state index in [2.05, 4.69) is 4.72 Å². The van der Waals surface area contributed by atoms with Gasteiger partial charge in [-0.2, -0.15) is 0 Å². The van der Waals surface area contributed by atoms with Gasteiger partial charge in [-0.1, -0.05) is 43.3 Å². The molecule has 0 amide bonds. The van der Waals surface area contributed by atoms with Crippen molar-refractivity contribution in [2.24, 2.45) is 0 Å². The van der Waals surface area contributed by atoms with Gasteiger partial charge in [-0.3, -0.25) is 0 Å². The molecular weight excluding hydrogens is 284 g/mol. The van der Waals surface area contributed by atoms with Gasteiger partial charge >= 0.3 is 0 Å². The van der Waals surface area contributed by atoms with Crippen LogP contribution in [0.15, 0.2) is 53.4 Å². The highest BCUT2D eigenvalue weighted by Crippen LogP contribution is 2.21. The Balaban J connectivity index is 2.24. The minimum Gasteiger partial charge on any atom is -0.398 e. The van der Waals surface area contributed by atoms with Crippen LogP contribution >= 0.6 is 0 Å². The maximum atomic E-state index is 12.4. The molecular formula is C16H20N2O2S. The predicted molar refractivity (Wildman–Crippen MR) is 85.4 cm³/mol. The standard InChI is InChI=1S/C16H20N2O2S/c1-3-13-9-10-15(11-16(13)17)21(19,20)18-12(2)14-7-5-4-6-8-14/h4-12,18H,3,17H2,1-2H3. The van der Waals surface area contributed by atoms with Gasteiger partial charge in [0.15, 0.2) is 0 Å². The van der Waals surface area contributed by atoms with Crippen LogP contribution in [-0.2, 0) is 16.4 Å². The minimum absolute atomic E-state index is 0.194. The van der Waals surface area contributed by atoms with Crippen molar-refractivity contribution in [2.75, 3.05) is 5.73 Å². The van der Waals surface area contributed by atoms with Crippen LogP contribution in [0.2, 0.25) is 0 Å². The second-order valence-corrected chi connectivity index (χ2v) is 6.68. The van der Waals surface area contributed by atoms with Crippen LogP contribution in [0.5, 0.6) is 0 Å². The summed E-state index contributed by atoms with van der Waals surface area (Å²) >= 11 is 0. The van der Waals surface area contributed by atoms with Crippen molar-refractivity contribution in [3.05, 3.63) is 59.7 Å². The van der Waals surface area contributed by atoms with Gasteiger partial charge in [0, 0.05) is 11.7 Å². The van der Waals surface area contributed by atoms with Crippen molar-refractivity contribution >= 4 is 15.7 Å². The van der Waals surface area contributed by atoms with E-state index in [4.69, 9.17) is 5.73 Å². The number of nitrogen functional groups attached to an aromatic ring is 1. The van der Waals surface area contributed by atoms with E-state index in [1.54, 1.807) is 12.1 Å². The Kier molecular flexibility index (Phi) is 4.65. The fourth-order valence-corrected chi connectivity index (χ4v) is 3.44. The van der Waals surface area contributed by atoms with E-state index in [0.29, 0.717) is 5.69 Å². The lowest BCUT2D eigenvalue weighted by molar-refractivity contribution is 0.567. The van der Waals surface area contributed by atoms with Gasteiger partial charge < -0.3 is 5.73 Å². The molecule has 0 bridgehead atoms. The topological polar surface area (TPSA) is 72.2 Å². The van der Waals surface area contributed by atoms with Gasteiger partial charge in [0.1, 0.15) is 0 Å².